The molecule has 2 unspecified atom stereocenters. The van der Waals surface area contributed by atoms with Gasteiger partial charge in [-0.25, -0.2) is 4.79 Å². The zero-order chi connectivity index (χ0) is 32.2. The first-order valence-corrected chi connectivity index (χ1v) is 14.4. The summed E-state index contributed by atoms with van der Waals surface area (Å²) in [6.45, 7) is 1.63. The summed E-state index contributed by atoms with van der Waals surface area (Å²) in [7, 11) is 4.51. The molecule has 5 rings (SSSR count). The fraction of sp³-hybridized carbons (Fsp3) is 0.235. The standard InChI is InChI=1S/C34H35N5O6.ClH/c1-20(36-2)31(40)37-27-19-39(32(41)21-9-13-24(35)14-10-21)29-8-6-5-7-28(29)38(33(27)42)18-26-25-15-11-23(34(43)45-4)17-22(25)12-16-30(26)44-3;/h5-17,20,27,36H,18-19,35H2,1-4H3,(H,37,40);1H. The Morgan fingerprint density at radius 3 is 2.28 bits per heavy atom. The maximum Gasteiger partial charge on any atom is 0.337 e. The number of nitrogens with one attached hydrogen (secondary N) is 2. The number of benzene rings is 4. The van der Waals surface area contributed by atoms with Gasteiger partial charge in [0.1, 0.15) is 11.8 Å². The van der Waals surface area contributed by atoms with E-state index in [0.29, 0.717) is 39.5 Å². The van der Waals surface area contributed by atoms with Crippen LogP contribution in [-0.4, -0.2) is 63.6 Å². The van der Waals surface area contributed by atoms with E-state index >= 15 is 0 Å². The van der Waals surface area contributed by atoms with E-state index in [0.717, 1.165) is 10.8 Å². The second-order valence-electron chi connectivity index (χ2n) is 10.7. The number of hydrogen-bond donors (Lipinski definition) is 3. The number of amides is 3. The Labute approximate surface area is 273 Å². The molecule has 4 N–H and O–H groups in total. The Bertz CT molecular complexity index is 1780. The Balaban J connectivity index is 0.00000480. The molecule has 0 spiro atoms. The average molecular weight is 646 g/mol. The van der Waals surface area contributed by atoms with E-state index in [2.05, 4.69) is 10.6 Å². The third-order valence-corrected chi connectivity index (χ3v) is 7.98. The molecule has 0 aromatic heterocycles. The maximum absolute atomic E-state index is 14.5. The number of nitrogen functional groups attached to an aromatic ring is 1. The minimum absolute atomic E-state index is 0. The van der Waals surface area contributed by atoms with Crippen molar-refractivity contribution in [2.45, 2.75) is 25.6 Å². The number of hydrogen-bond acceptors (Lipinski definition) is 8. The van der Waals surface area contributed by atoms with Gasteiger partial charge in [-0.2, -0.15) is 0 Å². The topological polar surface area (TPSA) is 143 Å². The van der Waals surface area contributed by atoms with Crippen molar-refractivity contribution in [1.82, 2.24) is 10.6 Å². The summed E-state index contributed by atoms with van der Waals surface area (Å²) in [5.74, 6) is -1.08. The third-order valence-electron chi connectivity index (χ3n) is 7.98. The molecule has 1 aliphatic rings. The van der Waals surface area contributed by atoms with Crippen LogP contribution in [-0.2, 0) is 20.9 Å². The average Bonchev–Trinajstić information content (AvgIpc) is 3.18. The second kappa shape index (κ2) is 14.3. The normalized spacial score (nSPS) is 14.9. The molecule has 0 aliphatic carbocycles. The number of likely N-dealkylation sites (N-methyl/N-ethyl adjacent to an activating group) is 1. The van der Waals surface area contributed by atoms with Crippen molar-refractivity contribution in [3.63, 3.8) is 0 Å². The van der Waals surface area contributed by atoms with Crippen LogP contribution in [0.15, 0.2) is 78.9 Å². The predicted octanol–water partition coefficient (Wildman–Crippen LogP) is 3.93. The van der Waals surface area contributed by atoms with Crippen LogP contribution >= 0.6 is 12.4 Å². The first kappa shape index (κ1) is 33.8. The highest BCUT2D eigenvalue weighted by molar-refractivity contribution is 6.13. The Hall–Kier alpha value is -5.13. The van der Waals surface area contributed by atoms with Crippen molar-refractivity contribution in [1.29, 1.82) is 0 Å². The van der Waals surface area contributed by atoms with Crippen molar-refractivity contribution in [3.05, 3.63) is 95.6 Å². The molecule has 1 heterocycles. The van der Waals surface area contributed by atoms with Gasteiger partial charge in [0.15, 0.2) is 0 Å². The largest absolute Gasteiger partial charge is 0.496 e. The van der Waals surface area contributed by atoms with Crippen LogP contribution in [0.25, 0.3) is 10.8 Å². The second-order valence-corrected chi connectivity index (χ2v) is 10.7. The summed E-state index contributed by atoms with van der Waals surface area (Å²) in [5.41, 5.74) is 8.80. The van der Waals surface area contributed by atoms with Gasteiger partial charge in [0.2, 0.25) is 5.91 Å². The Kier molecular flexibility index (Phi) is 10.5. The third kappa shape index (κ3) is 6.60. The molecule has 2 atom stereocenters. The molecule has 0 saturated carbocycles. The monoisotopic (exact) mass is 645 g/mol. The number of nitrogens with two attached hydrogens (primary N) is 1. The zero-order valence-corrected chi connectivity index (χ0v) is 26.7. The number of carbonyl (C=O) groups excluding carboxylic acids is 4. The van der Waals surface area contributed by atoms with Gasteiger partial charge in [0.25, 0.3) is 11.8 Å². The smallest absolute Gasteiger partial charge is 0.337 e. The summed E-state index contributed by atoms with van der Waals surface area (Å²) in [6.07, 6.45) is 0. The fourth-order valence-corrected chi connectivity index (χ4v) is 5.39. The van der Waals surface area contributed by atoms with Gasteiger partial charge in [-0.1, -0.05) is 24.3 Å². The van der Waals surface area contributed by atoms with Gasteiger partial charge in [-0.15, -0.1) is 12.4 Å². The molecular weight excluding hydrogens is 610 g/mol. The summed E-state index contributed by atoms with van der Waals surface area (Å²) >= 11 is 0. The molecule has 240 valence electrons. The molecule has 4 aromatic rings. The van der Waals surface area contributed by atoms with Gasteiger partial charge >= 0.3 is 5.97 Å². The number of rotatable bonds is 8. The van der Waals surface area contributed by atoms with E-state index in [1.807, 2.05) is 6.07 Å². The predicted molar refractivity (Wildman–Crippen MR) is 180 cm³/mol. The first-order chi connectivity index (χ1) is 21.7. The number of fused-ring (bicyclic) bond motifs is 2. The quantitative estimate of drug-likeness (QED) is 0.193. The number of para-hydroxylation sites is 2. The Morgan fingerprint density at radius 2 is 1.63 bits per heavy atom. The summed E-state index contributed by atoms with van der Waals surface area (Å²) in [6, 6.07) is 20.8. The van der Waals surface area contributed by atoms with Crippen molar-refractivity contribution < 1.29 is 28.7 Å². The maximum atomic E-state index is 14.5. The number of nitrogens with zero attached hydrogens (tertiary/aromatic N) is 2. The molecule has 0 saturated heterocycles. The minimum atomic E-state index is -1.08. The van der Waals surface area contributed by atoms with Crippen molar-refractivity contribution in [2.75, 3.05) is 43.3 Å². The molecule has 1 aliphatic heterocycles. The number of esters is 1. The molecule has 3 amide bonds. The molecule has 46 heavy (non-hydrogen) atoms. The molecular formula is C34H36ClN5O6. The SMILES string of the molecule is CNC(C)C(=O)NC1CN(C(=O)c2ccc(N)cc2)c2ccccc2N(Cc2c(OC)ccc3cc(C(=O)OC)ccc23)C1=O.Cl. The van der Waals surface area contributed by atoms with Crippen molar-refractivity contribution in [2.24, 2.45) is 0 Å². The fourth-order valence-electron chi connectivity index (χ4n) is 5.39. The van der Waals surface area contributed by atoms with Crippen LogP contribution in [0.1, 0.15) is 33.2 Å². The van der Waals surface area contributed by atoms with Crippen LogP contribution in [0.4, 0.5) is 17.1 Å². The number of ether oxygens (including phenoxy) is 2. The van der Waals surface area contributed by atoms with Gasteiger partial charge in [-0.05, 0) is 79.3 Å². The lowest BCUT2D eigenvalue weighted by Crippen LogP contribution is -2.55. The van der Waals surface area contributed by atoms with Crippen molar-refractivity contribution >= 4 is 63.9 Å². The van der Waals surface area contributed by atoms with E-state index in [1.54, 1.807) is 98.8 Å². The molecule has 0 bridgehead atoms. The highest BCUT2D eigenvalue weighted by Gasteiger charge is 2.38. The number of halogens is 1. The summed E-state index contributed by atoms with van der Waals surface area (Å²) in [4.78, 5) is 56.8. The molecule has 4 aromatic carbocycles. The van der Waals surface area contributed by atoms with Crippen LogP contribution in [0.5, 0.6) is 5.75 Å². The van der Waals surface area contributed by atoms with Crippen LogP contribution in [0, 0.1) is 0 Å². The lowest BCUT2D eigenvalue weighted by molar-refractivity contribution is -0.128. The van der Waals surface area contributed by atoms with Crippen molar-refractivity contribution in [3.8, 4) is 5.75 Å². The molecule has 0 fully saturated rings. The van der Waals surface area contributed by atoms with Gasteiger partial charge in [0, 0.05) is 16.8 Å². The molecule has 0 radical (unpaired) electrons. The van der Waals surface area contributed by atoms with E-state index in [9.17, 15) is 19.2 Å². The lowest BCUT2D eigenvalue weighted by atomic mass is 10.00. The van der Waals surface area contributed by atoms with Gasteiger partial charge in [-0.3, -0.25) is 14.4 Å². The van der Waals surface area contributed by atoms with Crippen LogP contribution < -0.4 is 30.9 Å². The number of methoxy groups -OCH3 is 2. The van der Waals surface area contributed by atoms with E-state index in [4.69, 9.17) is 15.2 Å². The zero-order valence-electron chi connectivity index (χ0n) is 25.9. The van der Waals surface area contributed by atoms with Gasteiger partial charge < -0.3 is 35.6 Å². The van der Waals surface area contributed by atoms with Crippen LogP contribution in [0.3, 0.4) is 0 Å². The van der Waals surface area contributed by atoms with E-state index in [-0.39, 0.29) is 37.3 Å². The van der Waals surface area contributed by atoms with E-state index in [1.165, 1.54) is 12.0 Å². The van der Waals surface area contributed by atoms with E-state index < -0.39 is 24.0 Å². The lowest BCUT2D eigenvalue weighted by Gasteiger charge is -2.27. The molecule has 12 heteroatoms. The Morgan fingerprint density at radius 1 is 0.957 bits per heavy atom. The molecule has 11 nitrogen and oxygen atoms in total. The highest BCUT2D eigenvalue weighted by atomic mass is 35.5. The number of anilines is 3. The highest BCUT2D eigenvalue weighted by Crippen LogP contribution is 2.38. The summed E-state index contributed by atoms with van der Waals surface area (Å²) < 4.78 is 10.6. The first-order valence-electron chi connectivity index (χ1n) is 14.4. The summed E-state index contributed by atoms with van der Waals surface area (Å²) in [5, 5.41) is 7.26. The number of carbonyl (C=O) groups is 4. The van der Waals surface area contributed by atoms with Crippen LogP contribution in [0.2, 0.25) is 0 Å². The minimum Gasteiger partial charge on any atom is -0.496 e. The van der Waals surface area contributed by atoms with Gasteiger partial charge in [0.05, 0.1) is 50.3 Å².